The summed E-state index contributed by atoms with van der Waals surface area (Å²) in [5, 5.41) is 4.83. The molecule has 2 aromatic heterocycles. The van der Waals surface area contributed by atoms with Crippen molar-refractivity contribution in [2.75, 3.05) is 0 Å². The van der Waals surface area contributed by atoms with E-state index in [4.69, 9.17) is 11.6 Å². The summed E-state index contributed by atoms with van der Waals surface area (Å²) in [6.45, 7) is 6.46. The van der Waals surface area contributed by atoms with Crippen molar-refractivity contribution in [2.45, 2.75) is 32.6 Å². The summed E-state index contributed by atoms with van der Waals surface area (Å²) in [6.07, 6.45) is 2.02. The number of benzene rings is 2. The van der Waals surface area contributed by atoms with E-state index in [-0.39, 0.29) is 28.0 Å². The van der Waals surface area contributed by atoms with Gasteiger partial charge in [-0.3, -0.25) is 9.59 Å². The summed E-state index contributed by atoms with van der Waals surface area (Å²) < 4.78 is 1.68. The number of thiazole rings is 1. The largest absolute Gasteiger partial charge is 0.296 e. The van der Waals surface area contributed by atoms with Crippen LogP contribution in [-0.2, 0) is 11.8 Å². The standard InChI is InChI=1S/C23H20ClN3O2S/c1-23(2,3)16-10-8-14(9-11-16)12-19-21(29)27-22(30-19)25-20(28)18(26-27)13-15-6-4-5-7-17(15)24/h4-12H,13H2,1-3H3/b19-12+. The van der Waals surface area contributed by atoms with Gasteiger partial charge in [-0.05, 0) is 34.2 Å². The van der Waals surface area contributed by atoms with Gasteiger partial charge in [-0.15, -0.1) is 0 Å². The van der Waals surface area contributed by atoms with E-state index in [2.05, 4.69) is 43.0 Å². The zero-order valence-corrected chi connectivity index (χ0v) is 18.4. The molecule has 0 N–H and O–H groups in total. The van der Waals surface area contributed by atoms with Crippen molar-refractivity contribution in [1.82, 2.24) is 14.6 Å². The lowest BCUT2D eigenvalue weighted by Crippen LogP contribution is -2.28. The highest BCUT2D eigenvalue weighted by molar-refractivity contribution is 7.15. The monoisotopic (exact) mass is 437 g/mol. The molecule has 0 bridgehead atoms. The van der Waals surface area contributed by atoms with Gasteiger partial charge in [-0.2, -0.15) is 14.6 Å². The van der Waals surface area contributed by atoms with Crippen LogP contribution in [0.5, 0.6) is 0 Å². The lowest BCUT2D eigenvalue weighted by Gasteiger charge is -2.18. The zero-order valence-electron chi connectivity index (χ0n) is 16.8. The maximum Gasteiger partial charge on any atom is 0.296 e. The van der Waals surface area contributed by atoms with Crippen LogP contribution in [0, 0.1) is 0 Å². The molecular weight excluding hydrogens is 418 g/mol. The molecule has 0 aliphatic rings. The lowest BCUT2D eigenvalue weighted by atomic mass is 9.87. The van der Waals surface area contributed by atoms with Gasteiger partial charge in [-0.1, -0.05) is 86.2 Å². The minimum atomic E-state index is -0.447. The normalized spacial score (nSPS) is 12.6. The van der Waals surface area contributed by atoms with Crippen molar-refractivity contribution < 1.29 is 0 Å². The van der Waals surface area contributed by atoms with Crippen LogP contribution in [0.25, 0.3) is 11.0 Å². The average molecular weight is 438 g/mol. The Kier molecular flexibility index (Phi) is 5.30. The zero-order chi connectivity index (χ0) is 21.5. The molecule has 0 radical (unpaired) electrons. The molecular formula is C23H20ClN3O2S. The van der Waals surface area contributed by atoms with E-state index in [1.54, 1.807) is 12.1 Å². The van der Waals surface area contributed by atoms with Crippen molar-refractivity contribution in [2.24, 2.45) is 0 Å². The quantitative estimate of drug-likeness (QED) is 0.491. The Bertz CT molecular complexity index is 1400. The molecule has 4 rings (SSSR count). The van der Waals surface area contributed by atoms with Gasteiger partial charge in [0.1, 0.15) is 5.69 Å². The molecule has 4 aromatic rings. The number of rotatable bonds is 3. The third-order valence-electron chi connectivity index (χ3n) is 4.84. The first-order valence-electron chi connectivity index (χ1n) is 9.51. The van der Waals surface area contributed by atoms with Gasteiger partial charge >= 0.3 is 0 Å². The van der Waals surface area contributed by atoms with E-state index in [1.807, 2.05) is 30.3 Å². The molecule has 0 saturated carbocycles. The van der Waals surface area contributed by atoms with Crippen LogP contribution in [0.3, 0.4) is 0 Å². The number of hydrogen-bond donors (Lipinski definition) is 0. The van der Waals surface area contributed by atoms with Gasteiger partial charge in [0.2, 0.25) is 4.96 Å². The smallest absolute Gasteiger partial charge is 0.266 e. The van der Waals surface area contributed by atoms with Crippen LogP contribution in [0.1, 0.15) is 43.2 Å². The second-order valence-electron chi connectivity index (χ2n) is 8.11. The molecule has 0 atom stereocenters. The summed E-state index contributed by atoms with van der Waals surface area (Å²) in [4.78, 5) is 29.6. The van der Waals surface area contributed by atoms with E-state index in [0.717, 1.165) is 22.5 Å². The number of hydrogen-bond acceptors (Lipinski definition) is 5. The maximum absolute atomic E-state index is 12.9. The molecule has 0 unspecified atom stereocenters. The van der Waals surface area contributed by atoms with Crippen LogP contribution in [-0.4, -0.2) is 14.6 Å². The Hall–Kier alpha value is -2.83. The second kappa shape index (κ2) is 7.78. The predicted molar refractivity (Wildman–Crippen MR) is 122 cm³/mol. The molecule has 0 saturated heterocycles. The van der Waals surface area contributed by atoms with Crippen LogP contribution in [0.4, 0.5) is 0 Å². The molecule has 5 nitrogen and oxygen atoms in total. The Morgan fingerprint density at radius 2 is 1.77 bits per heavy atom. The Balaban J connectivity index is 1.76. The first kappa shape index (κ1) is 20.4. The Morgan fingerprint density at radius 1 is 1.07 bits per heavy atom. The number of fused-ring (bicyclic) bond motifs is 1. The number of halogens is 1. The highest BCUT2D eigenvalue weighted by atomic mass is 35.5. The molecule has 7 heteroatoms. The minimum Gasteiger partial charge on any atom is -0.266 e. The van der Waals surface area contributed by atoms with E-state index in [0.29, 0.717) is 9.55 Å². The number of nitrogens with zero attached hydrogens (tertiary/aromatic N) is 3. The summed E-state index contributed by atoms with van der Waals surface area (Å²) in [7, 11) is 0. The van der Waals surface area contributed by atoms with Crippen molar-refractivity contribution in [3.8, 4) is 0 Å². The predicted octanol–water partition coefficient (Wildman–Crippen LogP) is 3.60. The van der Waals surface area contributed by atoms with Gasteiger partial charge in [0.05, 0.1) is 4.53 Å². The maximum atomic E-state index is 12.9. The first-order valence-corrected chi connectivity index (χ1v) is 10.7. The van der Waals surface area contributed by atoms with E-state index in [1.165, 1.54) is 10.1 Å². The van der Waals surface area contributed by atoms with Crippen LogP contribution < -0.4 is 15.7 Å². The van der Waals surface area contributed by atoms with Gasteiger partial charge in [-0.25, -0.2) is 0 Å². The lowest BCUT2D eigenvalue weighted by molar-refractivity contribution is 0.590. The van der Waals surface area contributed by atoms with Crippen LogP contribution in [0.15, 0.2) is 58.1 Å². The summed E-state index contributed by atoms with van der Waals surface area (Å²) in [6, 6.07) is 15.3. The van der Waals surface area contributed by atoms with E-state index in [9.17, 15) is 9.59 Å². The molecule has 0 aliphatic heterocycles. The van der Waals surface area contributed by atoms with Gasteiger partial charge in [0.15, 0.2) is 0 Å². The summed E-state index contributed by atoms with van der Waals surface area (Å²) >= 11 is 7.34. The van der Waals surface area contributed by atoms with Crippen molar-refractivity contribution >= 4 is 34.0 Å². The Morgan fingerprint density at radius 3 is 2.43 bits per heavy atom. The summed E-state index contributed by atoms with van der Waals surface area (Å²) in [5.74, 6) is 0. The molecule has 30 heavy (non-hydrogen) atoms. The highest BCUT2D eigenvalue weighted by Crippen LogP contribution is 2.22. The van der Waals surface area contributed by atoms with Gasteiger partial charge in [0.25, 0.3) is 11.1 Å². The van der Waals surface area contributed by atoms with E-state index < -0.39 is 5.56 Å². The summed E-state index contributed by atoms with van der Waals surface area (Å²) in [5.41, 5.74) is 2.41. The first-order chi connectivity index (χ1) is 14.2. The molecule has 0 spiro atoms. The third-order valence-corrected chi connectivity index (χ3v) is 6.17. The molecule has 152 valence electrons. The topological polar surface area (TPSA) is 64.3 Å². The molecule has 0 fully saturated rings. The minimum absolute atomic E-state index is 0.0616. The molecule has 2 heterocycles. The van der Waals surface area contributed by atoms with Crippen molar-refractivity contribution in [3.05, 3.63) is 101 Å². The molecule has 0 aliphatic carbocycles. The Labute approximate surface area is 182 Å². The fraction of sp³-hybridized carbons (Fsp3) is 0.217. The third kappa shape index (κ3) is 4.06. The second-order valence-corrected chi connectivity index (χ2v) is 9.53. The van der Waals surface area contributed by atoms with E-state index >= 15 is 0 Å². The van der Waals surface area contributed by atoms with Gasteiger partial charge < -0.3 is 0 Å². The highest BCUT2D eigenvalue weighted by Gasteiger charge is 2.14. The fourth-order valence-electron chi connectivity index (χ4n) is 3.10. The SMILES string of the molecule is CC(C)(C)c1ccc(/C=c2/sc3nc(=O)c(Cc4ccccc4Cl)nn3c2=O)cc1. The fourth-order valence-corrected chi connectivity index (χ4v) is 4.21. The molecule has 0 amide bonds. The molecule has 2 aromatic carbocycles. The van der Waals surface area contributed by atoms with Crippen LogP contribution in [0.2, 0.25) is 5.02 Å². The van der Waals surface area contributed by atoms with Gasteiger partial charge in [0, 0.05) is 11.4 Å². The average Bonchev–Trinajstić information content (AvgIpc) is 2.98. The van der Waals surface area contributed by atoms with Crippen molar-refractivity contribution in [3.63, 3.8) is 0 Å². The van der Waals surface area contributed by atoms with Crippen molar-refractivity contribution in [1.29, 1.82) is 0 Å². The number of aromatic nitrogens is 3. The van der Waals surface area contributed by atoms with Crippen LogP contribution >= 0.6 is 22.9 Å².